The molecule has 0 bridgehead atoms. The van der Waals surface area contributed by atoms with Crippen LogP contribution in [0.1, 0.15) is 39.4 Å². The maximum Gasteiger partial charge on any atom is 0.264 e. The van der Waals surface area contributed by atoms with Gasteiger partial charge in [0.25, 0.3) is 5.91 Å². The van der Waals surface area contributed by atoms with Crippen molar-refractivity contribution in [1.82, 2.24) is 9.80 Å². The van der Waals surface area contributed by atoms with Crippen LogP contribution in [0.25, 0.3) is 0 Å². The Morgan fingerprint density at radius 3 is 2.78 bits per heavy atom. The molecule has 23 heavy (non-hydrogen) atoms. The minimum absolute atomic E-state index is 0.163. The number of piperazine rings is 1. The van der Waals surface area contributed by atoms with E-state index >= 15 is 0 Å². The molecule has 1 aromatic heterocycles. The summed E-state index contributed by atoms with van der Waals surface area (Å²) >= 11 is 1.64. The first-order valence-corrected chi connectivity index (χ1v) is 9.45. The topological polar surface area (TPSA) is 53.0 Å². The van der Waals surface area contributed by atoms with Gasteiger partial charge in [-0.15, -0.1) is 11.3 Å². The van der Waals surface area contributed by atoms with Crippen LogP contribution in [-0.2, 0) is 17.8 Å². The quantitative estimate of drug-likeness (QED) is 0.889. The number of aliphatic hydroxyl groups is 1. The van der Waals surface area contributed by atoms with Gasteiger partial charge in [0, 0.05) is 43.5 Å². The zero-order valence-electron chi connectivity index (χ0n) is 13.4. The Hall–Kier alpha value is -0.950. The molecule has 1 saturated carbocycles. The number of fused-ring (bicyclic) bond motifs is 1. The van der Waals surface area contributed by atoms with Crippen molar-refractivity contribution in [3.05, 3.63) is 21.4 Å². The van der Waals surface area contributed by atoms with Crippen LogP contribution in [0.15, 0.2) is 6.07 Å². The first kappa shape index (κ1) is 15.6. The lowest BCUT2D eigenvalue weighted by Gasteiger charge is -2.39. The molecule has 2 aliphatic heterocycles. The SMILES string of the molecule is O=C(c1cc2c(s1)CCOC2)N1CCN([C@H]2CCC[C@H]2O)CC1. The second-order valence-corrected chi connectivity index (χ2v) is 7.89. The van der Waals surface area contributed by atoms with Gasteiger partial charge in [-0.25, -0.2) is 0 Å². The minimum Gasteiger partial charge on any atom is -0.391 e. The van der Waals surface area contributed by atoms with E-state index in [-0.39, 0.29) is 12.0 Å². The summed E-state index contributed by atoms with van der Waals surface area (Å²) in [6, 6.07) is 2.33. The Kier molecular flexibility index (Phi) is 4.41. The van der Waals surface area contributed by atoms with Crippen molar-refractivity contribution in [2.45, 2.75) is 44.4 Å². The minimum atomic E-state index is -0.179. The van der Waals surface area contributed by atoms with Crippen LogP contribution in [0.5, 0.6) is 0 Å². The third-order valence-corrected chi connectivity index (χ3v) is 6.58. The highest BCUT2D eigenvalue weighted by atomic mass is 32.1. The Morgan fingerprint density at radius 1 is 1.26 bits per heavy atom. The highest BCUT2D eigenvalue weighted by Crippen LogP contribution is 2.29. The van der Waals surface area contributed by atoms with E-state index in [1.165, 1.54) is 10.4 Å². The maximum atomic E-state index is 12.7. The molecular weight excluding hydrogens is 312 g/mol. The number of aliphatic hydroxyl groups excluding tert-OH is 1. The van der Waals surface area contributed by atoms with Crippen molar-refractivity contribution in [3.8, 4) is 0 Å². The van der Waals surface area contributed by atoms with E-state index in [0.29, 0.717) is 12.6 Å². The van der Waals surface area contributed by atoms with Crippen LogP contribution in [0.3, 0.4) is 0 Å². The van der Waals surface area contributed by atoms with Crippen LogP contribution in [0, 0.1) is 0 Å². The molecule has 2 fully saturated rings. The first-order valence-electron chi connectivity index (χ1n) is 8.63. The number of nitrogens with zero attached hydrogens (tertiary/aromatic N) is 2. The maximum absolute atomic E-state index is 12.7. The molecule has 1 aliphatic carbocycles. The second kappa shape index (κ2) is 6.51. The number of amides is 1. The van der Waals surface area contributed by atoms with E-state index in [1.54, 1.807) is 11.3 Å². The van der Waals surface area contributed by atoms with Crippen molar-refractivity contribution in [1.29, 1.82) is 0 Å². The largest absolute Gasteiger partial charge is 0.391 e. The predicted octanol–water partition coefficient (Wildman–Crippen LogP) is 1.49. The number of ether oxygens (including phenoxy) is 1. The number of rotatable bonds is 2. The van der Waals surface area contributed by atoms with E-state index < -0.39 is 0 Å². The molecule has 1 amide bonds. The van der Waals surface area contributed by atoms with Crippen molar-refractivity contribution < 1.29 is 14.6 Å². The van der Waals surface area contributed by atoms with Crippen molar-refractivity contribution >= 4 is 17.2 Å². The lowest BCUT2D eigenvalue weighted by Crippen LogP contribution is -2.53. The molecule has 0 aromatic carbocycles. The van der Waals surface area contributed by atoms with Gasteiger partial charge in [-0.2, -0.15) is 0 Å². The van der Waals surface area contributed by atoms with Gasteiger partial charge in [-0.1, -0.05) is 0 Å². The summed E-state index contributed by atoms with van der Waals surface area (Å²) in [6.07, 6.45) is 3.88. The smallest absolute Gasteiger partial charge is 0.264 e. The van der Waals surface area contributed by atoms with Gasteiger partial charge < -0.3 is 14.7 Å². The van der Waals surface area contributed by atoms with E-state index in [2.05, 4.69) is 4.90 Å². The number of thiophene rings is 1. The van der Waals surface area contributed by atoms with Gasteiger partial charge in [0.15, 0.2) is 0 Å². The van der Waals surface area contributed by atoms with E-state index in [9.17, 15) is 9.90 Å². The molecule has 2 atom stereocenters. The average molecular weight is 336 g/mol. The van der Waals surface area contributed by atoms with Gasteiger partial charge >= 0.3 is 0 Å². The summed E-state index contributed by atoms with van der Waals surface area (Å²) in [4.78, 5) is 19.2. The summed E-state index contributed by atoms with van der Waals surface area (Å²) in [5.41, 5.74) is 1.19. The highest BCUT2D eigenvalue weighted by molar-refractivity contribution is 7.14. The molecule has 3 aliphatic rings. The fourth-order valence-corrected chi connectivity index (χ4v) is 5.13. The third kappa shape index (κ3) is 3.05. The van der Waals surface area contributed by atoms with Gasteiger partial charge in [0.05, 0.1) is 24.2 Å². The van der Waals surface area contributed by atoms with Crippen LogP contribution >= 0.6 is 11.3 Å². The van der Waals surface area contributed by atoms with Gasteiger partial charge in [-0.3, -0.25) is 9.69 Å². The number of hydrogen-bond donors (Lipinski definition) is 1. The molecule has 0 radical (unpaired) electrons. The van der Waals surface area contributed by atoms with Crippen molar-refractivity contribution in [2.24, 2.45) is 0 Å². The van der Waals surface area contributed by atoms with Gasteiger partial charge in [-0.05, 0) is 30.9 Å². The lowest BCUT2D eigenvalue weighted by atomic mass is 10.1. The van der Waals surface area contributed by atoms with Gasteiger partial charge in [0.1, 0.15) is 0 Å². The molecule has 1 aromatic rings. The predicted molar refractivity (Wildman–Crippen MR) is 88.8 cm³/mol. The summed E-state index contributed by atoms with van der Waals surface area (Å²) < 4.78 is 5.47. The molecule has 0 spiro atoms. The summed E-state index contributed by atoms with van der Waals surface area (Å²) in [7, 11) is 0. The summed E-state index contributed by atoms with van der Waals surface area (Å²) in [6.45, 7) is 4.70. The fourth-order valence-electron chi connectivity index (χ4n) is 4.01. The Labute approximate surface area is 140 Å². The summed E-state index contributed by atoms with van der Waals surface area (Å²) in [5.74, 6) is 0.163. The van der Waals surface area contributed by atoms with E-state index in [0.717, 1.165) is 63.3 Å². The molecule has 1 saturated heterocycles. The molecule has 6 heteroatoms. The van der Waals surface area contributed by atoms with Gasteiger partial charge in [0.2, 0.25) is 0 Å². The van der Waals surface area contributed by atoms with Crippen LogP contribution < -0.4 is 0 Å². The zero-order valence-corrected chi connectivity index (χ0v) is 14.2. The molecule has 5 nitrogen and oxygen atoms in total. The molecule has 0 unspecified atom stereocenters. The van der Waals surface area contributed by atoms with E-state index in [4.69, 9.17) is 4.74 Å². The Balaban J connectivity index is 1.38. The fraction of sp³-hybridized carbons (Fsp3) is 0.706. The van der Waals surface area contributed by atoms with Crippen LogP contribution in [0.4, 0.5) is 0 Å². The third-order valence-electron chi connectivity index (χ3n) is 5.35. The standard InChI is InChI=1S/C17H24N2O3S/c20-14-3-1-2-13(14)18-5-7-19(8-6-18)17(21)16-10-12-11-22-9-4-15(12)23-16/h10,13-14,20H,1-9,11H2/t13-,14+/m0/s1. The monoisotopic (exact) mass is 336 g/mol. The highest BCUT2D eigenvalue weighted by Gasteiger charge is 2.33. The Morgan fingerprint density at radius 2 is 2.09 bits per heavy atom. The Bertz CT molecular complexity index is 557. The molecule has 126 valence electrons. The van der Waals surface area contributed by atoms with Crippen molar-refractivity contribution in [2.75, 3.05) is 32.8 Å². The van der Waals surface area contributed by atoms with Crippen molar-refractivity contribution in [3.63, 3.8) is 0 Å². The number of carbonyl (C=O) groups excluding carboxylic acids is 1. The first-order chi connectivity index (χ1) is 11.2. The molecule has 4 rings (SSSR count). The number of hydrogen-bond acceptors (Lipinski definition) is 5. The van der Waals surface area contributed by atoms with E-state index in [1.807, 2.05) is 11.0 Å². The average Bonchev–Trinajstić information content (AvgIpc) is 3.20. The number of carbonyl (C=O) groups is 1. The molecular formula is C17H24N2O3S. The molecule has 1 N–H and O–H groups in total. The molecule has 3 heterocycles. The van der Waals surface area contributed by atoms with Crippen LogP contribution in [-0.4, -0.2) is 65.7 Å². The van der Waals surface area contributed by atoms with Crippen LogP contribution in [0.2, 0.25) is 0 Å². The normalized spacial score (nSPS) is 28.8. The summed E-state index contributed by atoms with van der Waals surface area (Å²) in [5, 5.41) is 10.1. The second-order valence-electron chi connectivity index (χ2n) is 6.76. The lowest BCUT2D eigenvalue weighted by molar-refractivity contribution is 0.0318. The zero-order chi connectivity index (χ0) is 15.8.